The maximum absolute atomic E-state index is 10.9. The van der Waals surface area contributed by atoms with Crippen LogP contribution in [0.2, 0.25) is 0 Å². The average Bonchev–Trinajstić information content (AvgIpc) is 2.40. The highest BCUT2D eigenvalue weighted by Crippen LogP contribution is 2.21. The molecule has 2 aromatic carbocycles. The van der Waals surface area contributed by atoms with Crippen molar-refractivity contribution in [2.45, 2.75) is 6.42 Å². The Bertz CT molecular complexity index is 573. The van der Waals surface area contributed by atoms with Gasteiger partial charge in [0.1, 0.15) is 0 Å². The smallest absolute Gasteiger partial charge is 0.258 e. The van der Waals surface area contributed by atoms with E-state index in [1.807, 2.05) is 30.3 Å². The Morgan fingerprint density at radius 3 is 2.39 bits per heavy atom. The number of nitro groups is 1. The van der Waals surface area contributed by atoms with E-state index in [1.54, 1.807) is 18.2 Å². The fourth-order valence-corrected chi connectivity index (χ4v) is 1.83. The van der Waals surface area contributed by atoms with Crippen LogP contribution in [0.15, 0.2) is 55.1 Å². The van der Waals surface area contributed by atoms with Gasteiger partial charge < -0.3 is 0 Å². The van der Waals surface area contributed by atoms with E-state index in [4.69, 9.17) is 0 Å². The van der Waals surface area contributed by atoms with Crippen molar-refractivity contribution in [3.05, 3.63) is 81.9 Å². The van der Waals surface area contributed by atoms with Crippen molar-refractivity contribution in [2.75, 3.05) is 0 Å². The first kappa shape index (κ1) is 12.0. The van der Waals surface area contributed by atoms with Crippen LogP contribution in [0.4, 0.5) is 5.69 Å². The largest absolute Gasteiger partial charge is 0.272 e. The second-order valence-corrected chi connectivity index (χ2v) is 4.01. The number of benzene rings is 2. The first-order valence-corrected chi connectivity index (χ1v) is 5.64. The topological polar surface area (TPSA) is 43.1 Å². The monoisotopic (exact) mass is 239 g/mol. The molecule has 0 saturated carbocycles. The van der Waals surface area contributed by atoms with Crippen molar-refractivity contribution >= 4 is 11.8 Å². The van der Waals surface area contributed by atoms with Gasteiger partial charge in [-0.1, -0.05) is 55.1 Å². The number of nitrogens with zero attached hydrogens (tertiary/aromatic N) is 1. The highest BCUT2D eigenvalue weighted by molar-refractivity contribution is 5.48. The lowest BCUT2D eigenvalue weighted by atomic mass is 10.0. The molecule has 0 radical (unpaired) electrons. The summed E-state index contributed by atoms with van der Waals surface area (Å²) in [5, 5.41) is 10.9. The Hall–Kier alpha value is -2.42. The average molecular weight is 239 g/mol. The molecule has 0 spiro atoms. The Kier molecular flexibility index (Phi) is 3.53. The molecule has 0 aliphatic carbocycles. The van der Waals surface area contributed by atoms with Crippen LogP contribution in [-0.2, 0) is 6.42 Å². The Balaban J connectivity index is 2.28. The van der Waals surface area contributed by atoms with Gasteiger partial charge in [-0.15, -0.1) is 0 Å². The van der Waals surface area contributed by atoms with Crippen LogP contribution in [0, 0.1) is 10.1 Å². The van der Waals surface area contributed by atoms with Crippen molar-refractivity contribution in [3.8, 4) is 0 Å². The molecule has 0 aliphatic rings. The van der Waals surface area contributed by atoms with E-state index in [1.165, 1.54) is 6.07 Å². The van der Waals surface area contributed by atoms with E-state index in [-0.39, 0.29) is 10.6 Å². The number of nitro benzene ring substituents is 1. The molecule has 0 amide bonds. The zero-order valence-electron chi connectivity index (χ0n) is 9.87. The molecule has 0 fully saturated rings. The predicted octanol–water partition coefficient (Wildman–Crippen LogP) is 3.83. The van der Waals surface area contributed by atoms with Gasteiger partial charge in [-0.3, -0.25) is 10.1 Å². The summed E-state index contributed by atoms with van der Waals surface area (Å²) >= 11 is 0. The minimum Gasteiger partial charge on any atom is -0.258 e. The van der Waals surface area contributed by atoms with Gasteiger partial charge in [0.15, 0.2) is 0 Å². The van der Waals surface area contributed by atoms with E-state index in [0.717, 1.165) is 16.7 Å². The quantitative estimate of drug-likeness (QED) is 0.601. The summed E-state index contributed by atoms with van der Waals surface area (Å²) in [6, 6.07) is 14.7. The molecular formula is C15H13NO2. The summed E-state index contributed by atoms with van der Waals surface area (Å²) < 4.78 is 0. The molecule has 2 rings (SSSR count). The minimum atomic E-state index is -0.340. The molecular weight excluding hydrogens is 226 g/mol. The molecule has 2 aromatic rings. The predicted molar refractivity (Wildman–Crippen MR) is 72.4 cm³/mol. The van der Waals surface area contributed by atoms with E-state index >= 15 is 0 Å². The molecule has 0 saturated heterocycles. The summed E-state index contributed by atoms with van der Waals surface area (Å²) in [5.41, 5.74) is 3.00. The zero-order chi connectivity index (χ0) is 13.0. The SMILES string of the molecule is C=Cc1ccc(Cc2ccccc2[N+](=O)[O-])cc1. The molecule has 0 N–H and O–H groups in total. The van der Waals surface area contributed by atoms with Gasteiger partial charge in [0.2, 0.25) is 0 Å². The highest BCUT2D eigenvalue weighted by atomic mass is 16.6. The summed E-state index contributed by atoms with van der Waals surface area (Å²) in [4.78, 5) is 10.6. The zero-order valence-corrected chi connectivity index (χ0v) is 9.87. The van der Waals surface area contributed by atoms with E-state index < -0.39 is 0 Å². The van der Waals surface area contributed by atoms with E-state index in [0.29, 0.717) is 6.42 Å². The van der Waals surface area contributed by atoms with Gasteiger partial charge in [-0.2, -0.15) is 0 Å². The number of rotatable bonds is 4. The van der Waals surface area contributed by atoms with Crippen molar-refractivity contribution in [1.82, 2.24) is 0 Å². The third kappa shape index (κ3) is 2.63. The van der Waals surface area contributed by atoms with E-state index in [9.17, 15) is 10.1 Å². The molecule has 0 aliphatic heterocycles. The summed E-state index contributed by atoms with van der Waals surface area (Å²) in [6.45, 7) is 3.69. The van der Waals surface area contributed by atoms with Crippen LogP contribution in [0.25, 0.3) is 6.08 Å². The van der Waals surface area contributed by atoms with Gasteiger partial charge in [-0.25, -0.2) is 0 Å². The molecule has 0 unspecified atom stereocenters. The van der Waals surface area contributed by atoms with Crippen LogP contribution in [-0.4, -0.2) is 4.92 Å². The van der Waals surface area contributed by atoms with E-state index in [2.05, 4.69) is 6.58 Å². The second-order valence-electron chi connectivity index (χ2n) is 4.01. The second kappa shape index (κ2) is 5.27. The number of hydrogen-bond donors (Lipinski definition) is 0. The Morgan fingerprint density at radius 2 is 1.78 bits per heavy atom. The molecule has 0 aromatic heterocycles. The van der Waals surface area contributed by atoms with Crippen molar-refractivity contribution in [2.24, 2.45) is 0 Å². The first-order chi connectivity index (χ1) is 8.70. The summed E-state index contributed by atoms with van der Waals surface area (Å²) in [7, 11) is 0. The minimum absolute atomic E-state index is 0.172. The Labute approximate surface area is 106 Å². The number of para-hydroxylation sites is 1. The van der Waals surface area contributed by atoms with Crippen LogP contribution in [0.5, 0.6) is 0 Å². The third-order valence-corrected chi connectivity index (χ3v) is 2.80. The lowest BCUT2D eigenvalue weighted by Crippen LogP contribution is -1.96. The maximum Gasteiger partial charge on any atom is 0.272 e. The molecule has 3 heteroatoms. The maximum atomic E-state index is 10.9. The molecule has 0 bridgehead atoms. The van der Waals surface area contributed by atoms with Crippen LogP contribution < -0.4 is 0 Å². The Morgan fingerprint density at radius 1 is 1.11 bits per heavy atom. The highest BCUT2D eigenvalue weighted by Gasteiger charge is 2.12. The fraction of sp³-hybridized carbons (Fsp3) is 0.0667. The van der Waals surface area contributed by atoms with Gasteiger partial charge >= 0.3 is 0 Å². The van der Waals surface area contributed by atoms with Crippen LogP contribution >= 0.6 is 0 Å². The van der Waals surface area contributed by atoms with Crippen LogP contribution in [0.1, 0.15) is 16.7 Å². The van der Waals surface area contributed by atoms with Gasteiger partial charge in [0.25, 0.3) is 5.69 Å². The van der Waals surface area contributed by atoms with Crippen molar-refractivity contribution < 1.29 is 4.92 Å². The molecule has 0 atom stereocenters. The standard InChI is InChI=1S/C15H13NO2/c1-2-12-7-9-13(10-8-12)11-14-5-3-4-6-15(14)16(17)18/h2-10H,1,11H2. The van der Waals surface area contributed by atoms with Crippen LogP contribution in [0.3, 0.4) is 0 Å². The normalized spacial score (nSPS) is 10.0. The van der Waals surface area contributed by atoms with Gasteiger partial charge in [-0.05, 0) is 11.1 Å². The first-order valence-electron chi connectivity index (χ1n) is 5.64. The third-order valence-electron chi connectivity index (χ3n) is 2.80. The van der Waals surface area contributed by atoms with Crippen molar-refractivity contribution in [3.63, 3.8) is 0 Å². The molecule has 18 heavy (non-hydrogen) atoms. The molecule has 3 nitrogen and oxygen atoms in total. The lowest BCUT2D eigenvalue weighted by Gasteiger charge is -2.03. The van der Waals surface area contributed by atoms with Gasteiger partial charge in [0.05, 0.1) is 4.92 Å². The summed E-state index contributed by atoms with van der Waals surface area (Å²) in [5.74, 6) is 0. The molecule has 90 valence electrons. The lowest BCUT2D eigenvalue weighted by molar-refractivity contribution is -0.385. The number of hydrogen-bond acceptors (Lipinski definition) is 2. The summed E-state index contributed by atoms with van der Waals surface area (Å²) in [6.07, 6.45) is 2.34. The van der Waals surface area contributed by atoms with Crippen molar-refractivity contribution in [1.29, 1.82) is 0 Å². The molecule has 0 heterocycles. The van der Waals surface area contributed by atoms with Gasteiger partial charge in [0, 0.05) is 18.1 Å². The fourth-order valence-electron chi connectivity index (χ4n) is 1.83.